The molecule has 0 N–H and O–H groups in total. The van der Waals surface area contributed by atoms with Gasteiger partial charge in [-0.05, 0) is 35.9 Å². The molecule has 0 aromatic rings. The largest absolute Gasteiger partial charge is 0.465 e. The van der Waals surface area contributed by atoms with Crippen molar-refractivity contribution >= 4 is 54.8 Å². The Balaban J connectivity index is 3.38. The number of esters is 1. The minimum absolute atomic E-state index is 0.00245. The van der Waals surface area contributed by atoms with E-state index < -0.39 is 0 Å². The molecule has 0 aliphatic heterocycles. The van der Waals surface area contributed by atoms with Gasteiger partial charge in [-0.25, -0.2) is 0 Å². The van der Waals surface area contributed by atoms with Crippen LogP contribution in [0.5, 0.6) is 0 Å². The molecule has 0 aliphatic carbocycles. The van der Waals surface area contributed by atoms with Gasteiger partial charge in [-0.2, -0.15) is 48.8 Å². The van der Waals surface area contributed by atoms with Gasteiger partial charge in [-0.15, -0.1) is 0 Å². The minimum atomic E-state index is -0.0665. The van der Waals surface area contributed by atoms with Crippen molar-refractivity contribution in [3.05, 3.63) is 0 Å². The normalized spacial score (nSPS) is 12.4. The predicted molar refractivity (Wildman–Crippen MR) is 91.7 cm³/mol. The van der Waals surface area contributed by atoms with E-state index in [1.165, 1.54) is 0 Å². The molecule has 1 unspecified atom stereocenters. The van der Waals surface area contributed by atoms with E-state index in [9.17, 15) is 4.79 Å². The Morgan fingerprint density at radius 1 is 1.11 bits per heavy atom. The maximum atomic E-state index is 11.6. The average Bonchev–Trinajstić information content (AvgIpc) is 2.38. The van der Waals surface area contributed by atoms with Crippen LogP contribution < -0.4 is 0 Å². The van der Waals surface area contributed by atoms with Crippen molar-refractivity contribution in [2.45, 2.75) is 19.8 Å². The van der Waals surface area contributed by atoms with Crippen molar-refractivity contribution in [1.29, 1.82) is 0 Å². The molecule has 0 aromatic carbocycles. The van der Waals surface area contributed by atoms with Gasteiger partial charge in [-0.3, -0.25) is 4.79 Å². The highest BCUT2D eigenvalue weighted by Crippen LogP contribution is 2.12. The van der Waals surface area contributed by atoms with Crippen LogP contribution in [0.25, 0.3) is 0 Å². The topological polar surface area (TPSA) is 26.3 Å². The third kappa shape index (κ3) is 11.9. The molecule has 0 rings (SSSR count). The summed E-state index contributed by atoms with van der Waals surface area (Å²) in [4.78, 5) is 11.6. The number of carbonyl (C=O) groups is 1. The van der Waals surface area contributed by atoms with Crippen molar-refractivity contribution in [1.82, 2.24) is 0 Å². The molecular weight excluding hydrogens is 304 g/mol. The summed E-state index contributed by atoms with van der Waals surface area (Å²) in [5.41, 5.74) is 0. The van der Waals surface area contributed by atoms with E-state index >= 15 is 0 Å². The Morgan fingerprint density at radius 2 is 1.72 bits per heavy atom. The zero-order valence-corrected chi connectivity index (χ0v) is 14.4. The summed E-state index contributed by atoms with van der Waals surface area (Å²) in [6.07, 6.45) is 2.21. The summed E-state index contributed by atoms with van der Waals surface area (Å²) in [6.45, 7) is 2.46. The molecular formula is C12H24O2S4. The summed E-state index contributed by atoms with van der Waals surface area (Å²) in [5, 5.41) is 0. The van der Waals surface area contributed by atoms with Crippen molar-refractivity contribution in [2.24, 2.45) is 5.92 Å². The maximum Gasteiger partial charge on any atom is 0.309 e. The van der Waals surface area contributed by atoms with E-state index in [0.29, 0.717) is 6.61 Å². The van der Waals surface area contributed by atoms with Crippen LogP contribution in [-0.2, 0) is 9.53 Å². The highest BCUT2D eigenvalue weighted by molar-refractivity contribution is 7.99. The van der Waals surface area contributed by atoms with Gasteiger partial charge in [0, 0.05) is 11.5 Å². The zero-order valence-electron chi connectivity index (χ0n) is 11.0. The molecule has 1 atom stereocenters. The van der Waals surface area contributed by atoms with E-state index in [2.05, 4.69) is 25.3 Å². The fourth-order valence-corrected chi connectivity index (χ4v) is 3.61. The van der Waals surface area contributed by atoms with E-state index in [1.807, 2.05) is 18.7 Å². The molecule has 0 saturated carbocycles. The first-order valence-corrected chi connectivity index (χ1v) is 9.83. The van der Waals surface area contributed by atoms with E-state index in [-0.39, 0.29) is 11.9 Å². The molecule has 0 saturated heterocycles. The molecule has 0 aromatic heterocycles. The van der Waals surface area contributed by atoms with Crippen LogP contribution in [-0.4, -0.2) is 47.1 Å². The number of thioether (sulfide) groups is 2. The van der Waals surface area contributed by atoms with Gasteiger partial charge in [0.15, 0.2) is 0 Å². The molecule has 0 radical (unpaired) electrons. The van der Waals surface area contributed by atoms with Crippen LogP contribution in [0.2, 0.25) is 0 Å². The summed E-state index contributed by atoms with van der Waals surface area (Å²) < 4.78 is 5.23. The van der Waals surface area contributed by atoms with Crippen LogP contribution in [0.4, 0.5) is 0 Å². The monoisotopic (exact) mass is 328 g/mol. The number of ether oxygens (including phenoxy) is 1. The fourth-order valence-electron chi connectivity index (χ4n) is 1.11. The summed E-state index contributed by atoms with van der Waals surface area (Å²) in [5.74, 6) is 5.67. The lowest BCUT2D eigenvalue weighted by molar-refractivity contribution is -0.146. The second-order valence-corrected chi connectivity index (χ2v) is 7.18. The first kappa shape index (κ1) is 18.9. The van der Waals surface area contributed by atoms with Gasteiger partial charge in [0.25, 0.3) is 0 Å². The Hall–Kier alpha value is 0.870. The average molecular weight is 329 g/mol. The van der Waals surface area contributed by atoms with Gasteiger partial charge in [0.2, 0.25) is 0 Å². The molecule has 108 valence electrons. The minimum Gasteiger partial charge on any atom is -0.465 e. The van der Waals surface area contributed by atoms with Crippen LogP contribution in [0.1, 0.15) is 19.8 Å². The Morgan fingerprint density at radius 3 is 2.33 bits per heavy atom. The summed E-state index contributed by atoms with van der Waals surface area (Å²) in [6, 6.07) is 0. The molecule has 0 amide bonds. The SMILES string of the molecule is CC(CSCCCS)C(=O)OCCSCCCS. The molecule has 0 spiro atoms. The third-order valence-corrected chi connectivity index (χ3v) is 5.11. The number of hydrogen-bond donors (Lipinski definition) is 2. The van der Waals surface area contributed by atoms with Gasteiger partial charge < -0.3 is 4.74 Å². The Bertz CT molecular complexity index is 203. The lowest BCUT2D eigenvalue weighted by Crippen LogP contribution is -2.18. The molecule has 2 nitrogen and oxygen atoms in total. The number of thiol groups is 2. The van der Waals surface area contributed by atoms with Crippen LogP contribution >= 0.6 is 48.8 Å². The van der Waals surface area contributed by atoms with E-state index in [0.717, 1.165) is 47.4 Å². The highest BCUT2D eigenvalue weighted by Gasteiger charge is 2.13. The third-order valence-electron chi connectivity index (χ3n) is 2.14. The first-order chi connectivity index (χ1) is 8.72. The molecule has 0 heterocycles. The highest BCUT2D eigenvalue weighted by atomic mass is 32.2. The van der Waals surface area contributed by atoms with Gasteiger partial charge in [-0.1, -0.05) is 6.92 Å². The van der Waals surface area contributed by atoms with Crippen LogP contribution in [0, 0.1) is 5.92 Å². The van der Waals surface area contributed by atoms with Gasteiger partial charge in [0.1, 0.15) is 6.61 Å². The van der Waals surface area contributed by atoms with Gasteiger partial charge >= 0.3 is 5.97 Å². The lowest BCUT2D eigenvalue weighted by atomic mass is 10.2. The molecule has 0 bridgehead atoms. The number of carbonyl (C=O) groups excluding carboxylic acids is 1. The summed E-state index contributed by atoms with van der Waals surface area (Å²) in [7, 11) is 0. The van der Waals surface area contributed by atoms with Crippen molar-refractivity contribution in [3.8, 4) is 0 Å². The Kier molecular flexibility index (Phi) is 15.0. The van der Waals surface area contributed by atoms with Crippen LogP contribution in [0.15, 0.2) is 0 Å². The number of hydrogen-bond acceptors (Lipinski definition) is 6. The van der Waals surface area contributed by atoms with Crippen molar-refractivity contribution in [2.75, 3.05) is 41.1 Å². The zero-order chi connectivity index (χ0) is 13.6. The lowest BCUT2D eigenvalue weighted by Gasteiger charge is -2.10. The molecule has 18 heavy (non-hydrogen) atoms. The fraction of sp³-hybridized carbons (Fsp3) is 0.917. The standard InChI is InChI=1S/C12H24O2S4/c1-11(10-18-8-3-6-16)12(13)14-4-9-17-7-2-5-15/h11,15-16H,2-10H2,1H3. The molecule has 0 fully saturated rings. The predicted octanol–water partition coefficient (Wildman–Crippen LogP) is 3.27. The summed E-state index contributed by atoms with van der Waals surface area (Å²) >= 11 is 11.9. The molecule has 0 aliphatic rings. The second kappa shape index (κ2) is 14.3. The molecule has 6 heteroatoms. The van der Waals surface area contributed by atoms with E-state index in [4.69, 9.17) is 4.74 Å². The second-order valence-electron chi connectivity index (χ2n) is 3.91. The van der Waals surface area contributed by atoms with Crippen molar-refractivity contribution < 1.29 is 9.53 Å². The number of rotatable bonds is 12. The van der Waals surface area contributed by atoms with E-state index in [1.54, 1.807) is 11.8 Å². The van der Waals surface area contributed by atoms with Crippen LogP contribution in [0.3, 0.4) is 0 Å². The van der Waals surface area contributed by atoms with Gasteiger partial charge in [0.05, 0.1) is 5.92 Å². The first-order valence-electron chi connectivity index (χ1n) is 6.26. The Labute approximate surface area is 131 Å². The smallest absolute Gasteiger partial charge is 0.309 e. The van der Waals surface area contributed by atoms with Crippen molar-refractivity contribution in [3.63, 3.8) is 0 Å². The maximum absolute atomic E-state index is 11.6. The quantitative estimate of drug-likeness (QED) is 0.326.